The van der Waals surface area contributed by atoms with E-state index in [4.69, 9.17) is 0 Å². The van der Waals surface area contributed by atoms with Crippen LogP contribution < -0.4 is 0 Å². The SMILES string of the molecule is Cc1cc2c(cc1C(C)(C)C)C=CS2(=O)=O. The molecule has 2 rings (SSSR count). The molecule has 1 aromatic carbocycles. The third-order valence-electron chi connectivity index (χ3n) is 2.90. The molecule has 1 heterocycles. The Morgan fingerprint density at radius 1 is 1.12 bits per heavy atom. The van der Waals surface area contributed by atoms with Gasteiger partial charge in [0.05, 0.1) is 4.90 Å². The predicted octanol–water partition coefficient (Wildman–Crippen LogP) is 3.05. The Balaban J connectivity index is 2.72. The van der Waals surface area contributed by atoms with Gasteiger partial charge in [-0.3, -0.25) is 0 Å². The summed E-state index contributed by atoms with van der Waals surface area (Å²) in [6.45, 7) is 8.37. The molecule has 0 saturated carbocycles. The van der Waals surface area contributed by atoms with E-state index in [0.717, 1.165) is 11.1 Å². The van der Waals surface area contributed by atoms with E-state index in [0.29, 0.717) is 4.90 Å². The summed E-state index contributed by atoms with van der Waals surface area (Å²) in [5.41, 5.74) is 3.10. The molecular formula is C13H16O2S. The first kappa shape index (κ1) is 11.4. The highest BCUT2D eigenvalue weighted by atomic mass is 32.2. The number of fused-ring (bicyclic) bond motifs is 1. The van der Waals surface area contributed by atoms with E-state index in [9.17, 15) is 8.42 Å². The molecule has 0 bridgehead atoms. The minimum Gasteiger partial charge on any atom is -0.219 e. The Morgan fingerprint density at radius 2 is 1.75 bits per heavy atom. The third kappa shape index (κ3) is 1.69. The fourth-order valence-corrected chi connectivity index (χ4v) is 3.39. The average Bonchev–Trinajstić information content (AvgIpc) is 2.40. The van der Waals surface area contributed by atoms with Crippen molar-refractivity contribution < 1.29 is 8.42 Å². The van der Waals surface area contributed by atoms with Gasteiger partial charge in [-0.05, 0) is 47.2 Å². The van der Waals surface area contributed by atoms with E-state index in [-0.39, 0.29) is 5.41 Å². The van der Waals surface area contributed by atoms with Crippen LogP contribution in [0.4, 0.5) is 0 Å². The van der Waals surface area contributed by atoms with Crippen LogP contribution in [0.15, 0.2) is 22.4 Å². The first-order chi connectivity index (χ1) is 7.22. The molecule has 0 atom stereocenters. The van der Waals surface area contributed by atoms with Gasteiger partial charge < -0.3 is 0 Å². The van der Waals surface area contributed by atoms with Crippen molar-refractivity contribution in [1.82, 2.24) is 0 Å². The number of rotatable bonds is 0. The van der Waals surface area contributed by atoms with E-state index in [1.165, 1.54) is 11.0 Å². The summed E-state index contributed by atoms with van der Waals surface area (Å²) >= 11 is 0. The lowest BCUT2D eigenvalue weighted by Crippen LogP contribution is -2.13. The highest BCUT2D eigenvalue weighted by Crippen LogP contribution is 2.34. The quantitative estimate of drug-likeness (QED) is 0.693. The smallest absolute Gasteiger partial charge is 0.200 e. The van der Waals surface area contributed by atoms with Crippen molar-refractivity contribution in [2.24, 2.45) is 0 Å². The van der Waals surface area contributed by atoms with Gasteiger partial charge >= 0.3 is 0 Å². The molecule has 1 aliphatic heterocycles. The summed E-state index contributed by atoms with van der Waals surface area (Å²) in [4.78, 5) is 0.443. The molecule has 0 aromatic heterocycles. The van der Waals surface area contributed by atoms with Crippen molar-refractivity contribution in [2.75, 3.05) is 0 Å². The maximum absolute atomic E-state index is 11.7. The second-order valence-corrected chi connectivity index (χ2v) is 7.10. The van der Waals surface area contributed by atoms with Gasteiger partial charge in [0.1, 0.15) is 0 Å². The second kappa shape index (κ2) is 3.20. The van der Waals surface area contributed by atoms with E-state index < -0.39 is 9.84 Å². The van der Waals surface area contributed by atoms with Crippen molar-refractivity contribution >= 4 is 15.9 Å². The number of hydrogen-bond acceptors (Lipinski definition) is 2. The second-order valence-electron chi connectivity index (χ2n) is 5.30. The molecule has 86 valence electrons. The van der Waals surface area contributed by atoms with Crippen LogP contribution in [0.2, 0.25) is 0 Å². The zero-order valence-corrected chi connectivity index (χ0v) is 10.9. The molecule has 1 aromatic rings. The summed E-state index contributed by atoms with van der Waals surface area (Å²) in [6, 6.07) is 3.77. The minimum absolute atomic E-state index is 0.0410. The fraction of sp³-hybridized carbons (Fsp3) is 0.385. The van der Waals surface area contributed by atoms with Crippen molar-refractivity contribution in [2.45, 2.75) is 38.0 Å². The van der Waals surface area contributed by atoms with Gasteiger partial charge in [-0.15, -0.1) is 0 Å². The predicted molar refractivity (Wildman–Crippen MR) is 66.1 cm³/mol. The lowest BCUT2D eigenvalue weighted by molar-refractivity contribution is 0.583. The fourth-order valence-electron chi connectivity index (χ4n) is 2.12. The minimum atomic E-state index is -3.17. The zero-order chi connectivity index (χ0) is 12.1. The van der Waals surface area contributed by atoms with Gasteiger partial charge in [0, 0.05) is 5.41 Å². The van der Waals surface area contributed by atoms with Crippen molar-refractivity contribution in [1.29, 1.82) is 0 Å². The van der Waals surface area contributed by atoms with Gasteiger partial charge in [-0.25, -0.2) is 8.42 Å². The molecule has 0 radical (unpaired) electrons. The first-order valence-corrected chi connectivity index (χ1v) is 6.85. The van der Waals surface area contributed by atoms with Crippen LogP contribution in [-0.2, 0) is 15.3 Å². The largest absolute Gasteiger partial charge is 0.219 e. The average molecular weight is 236 g/mol. The van der Waals surface area contributed by atoms with E-state index >= 15 is 0 Å². The van der Waals surface area contributed by atoms with Crippen LogP contribution in [0.3, 0.4) is 0 Å². The maximum Gasteiger partial charge on any atom is 0.200 e. The summed E-state index contributed by atoms with van der Waals surface area (Å²) in [5, 5.41) is 1.28. The molecule has 0 N–H and O–H groups in total. The molecule has 1 aliphatic rings. The molecule has 0 fully saturated rings. The van der Waals surface area contributed by atoms with Crippen LogP contribution in [0.25, 0.3) is 6.08 Å². The van der Waals surface area contributed by atoms with Gasteiger partial charge in [-0.1, -0.05) is 20.8 Å². The van der Waals surface area contributed by atoms with Gasteiger partial charge in [0.2, 0.25) is 0 Å². The Labute approximate surface area is 96.9 Å². The Morgan fingerprint density at radius 3 is 2.31 bits per heavy atom. The Kier molecular flexibility index (Phi) is 2.28. The molecular weight excluding hydrogens is 220 g/mol. The molecule has 0 saturated heterocycles. The highest BCUT2D eigenvalue weighted by molar-refractivity contribution is 7.94. The molecule has 3 heteroatoms. The number of aryl methyl sites for hydroxylation is 1. The molecule has 0 amide bonds. The monoisotopic (exact) mass is 236 g/mol. The standard InChI is InChI=1S/C13H16O2S/c1-9-7-12-10(5-6-16(12,14)15)8-11(9)13(2,3)4/h5-8H,1-4H3. The van der Waals surface area contributed by atoms with E-state index in [1.807, 2.05) is 13.0 Å². The maximum atomic E-state index is 11.7. The summed E-state index contributed by atoms with van der Waals surface area (Å²) in [5.74, 6) is 0. The van der Waals surface area contributed by atoms with Gasteiger partial charge in [0.25, 0.3) is 0 Å². The number of sulfone groups is 1. The Hall–Kier alpha value is -1.09. The van der Waals surface area contributed by atoms with Crippen LogP contribution in [0.1, 0.15) is 37.5 Å². The van der Waals surface area contributed by atoms with Crippen LogP contribution in [0.5, 0.6) is 0 Å². The van der Waals surface area contributed by atoms with Gasteiger partial charge in [0.15, 0.2) is 9.84 Å². The highest BCUT2D eigenvalue weighted by Gasteiger charge is 2.25. The molecule has 0 aliphatic carbocycles. The normalized spacial score (nSPS) is 17.5. The molecule has 0 unspecified atom stereocenters. The van der Waals surface area contributed by atoms with E-state index in [2.05, 4.69) is 20.8 Å². The third-order valence-corrected chi connectivity index (χ3v) is 4.36. The van der Waals surface area contributed by atoms with Crippen molar-refractivity contribution in [3.05, 3.63) is 34.2 Å². The van der Waals surface area contributed by atoms with Crippen LogP contribution >= 0.6 is 0 Å². The van der Waals surface area contributed by atoms with Crippen LogP contribution in [-0.4, -0.2) is 8.42 Å². The summed E-state index contributed by atoms with van der Waals surface area (Å²) in [7, 11) is -3.17. The van der Waals surface area contributed by atoms with E-state index in [1.54, 1.807) is 12.1 Å². The first-order valence-electron chi connectivity index (χ1n) is 5.30. The molecule has 16 heavy (non-hydrogen) atoms. The van der Waals surface area contributed by atoms with Crippen LogP contribution in [0, 0.1) is 6.92 Å². The topological polar surface area (TPSA) is 34.1 Å². The number of benzene rings is 1. The zero-order valence-electron chi connectivity index (χ0n) is 10.0. The molecule has 2 nitrogen and oxygen atoms in total. The lowest BCUT2D eigenvalue weighted by Gasteiger charge is -2.22. The Bertz CT molecular complexity index is 573. The molecule has 0 spiro atoms. The van der Waals surface area contributed by atoms with Crippen molar-refractivity contribution in [3.8, 4) is 0 Å². The van der Waals surface area contributed by atoms with Crippen molar-refractivity contribution in [3.63, 3.8) is 0 Å². The van der Waals surface area contributed by atoms with Gasteiger partial charge in [-0.2, -0.15) is 0 Å². The summed E-state index contributed by atoms with van der Waals surface area (Å²) < 4.78 is 23.4. The number of hydrogen-bond donors (Lipinski definition) is 0. The summed E-state index contributed by atoms with van der Waals surface area (Å²) in [6.07, 6.45) is 1.68. The lowest BCUT2D eigenvalue weighted by atomic mass is 9.83.